The van der Waals surface area contributed by atoms with Crippen LogP contribution in [0, 0.1) is 0 Å². The number of nitrogens with zero attached hydrogens (tertiary/aromatic N) is 2. The van der Waals surface area contributed by atoms with E-state index >= 15 is 0 Å². The predicted octanol–water partition coefficient (Wildman–Crippen LogP) is 0.314. The normalized spacial score (nSPS) is 9.31. The summed E-state index contributed by atoms with van der Waals surface area (Å²) < 4.78 is 0. The monoisotopic (exact) mass is 604 g/mol. The summed E-state index contributed by atoms with van der Waals surface area (Å²) >= 11 is 0. The molecular formula is C17H23FmN4O4-. The number of oxime groups is 1. The number of nitrogens with one attached hydrogen (secondary N) is 2. The van der Waals surface area contributed by atoms with Crippen LogP contribution in [0.2, 0.25) is 0 Å². The van der Waals surface area contributed by atoms with Crippen molar-refractivity contribution in [1.29, 1.82) is 0 Å². The van der Waals surface area contributed by atoms with Crippen molar-refractivity contribution >= 4 is 23.9 Å². The van der Waals surface area contributed by atoms with Gasteiger partial charge in [-0.2, -0.15) is 6.41 Å². The zero-order valence-electron chi connectivity index (χ0n) is 14.7. The third kappa shape index (κ3) is 8.66. The maximum atomic E-state index is 12.5. The van der Waals surface area contributed by atoms with E-state index in [1.54, 1.807) is 49.4 Å². The zero-order valence-corrected chi connectivity index (χ0v) is 17.1. The minimum absolute atomic E-state index is 0. The van der Waals surface area contributed by atoms with Gasteiger partial charge in [0.05, 0.1) is 5.71 Å². The van der Waals surface area contributed by atoms with Crippen molar-refractivity contribution in [2.75, 3.05) is 32.8 Å². The SMILES string of the molecule is CC(C)=NOCC(=O)NCCN(CCN[C-]=O)C(=O)c1ccccc1.[Fm]. The molecule has 0 fully saturated rings. The van der Waals surface area contributed by atoms with Crippen molar-refractivity contribution in [3.8, 4) is 0 Å². The molecule has 0 spiro atoms. The first-order chi connectivity index (χ1) is 12.0. The van der Waals surface area contributed by atoms with Crippen molar-refractivity contribution in [3.63, 3.8) is 0 Å². The second-order valence-corrected chi connectivity index (χ2v) is 5.35. The summed E-state index contributed by atoms with van der Waals surface area (Å²) in [4.78, 5) is 40.8. The van der Waals surface area contributed by atoms with E-state index in [4.69, 9.17) is 4.84 Å². The van der Waals surface area contributed by atoms with Gasteiger partial charge in [-0.3, -0.25) is 9.59 Å². The number of rotatable bonds is 11. The first-order valence-electron chi connectivity index (χ1n) is 7.88. The molecule has 8 nitrogen and oxygen atoms in total. The van der Waals surface area contributed by atoms with E-state index in [1.807, 2.05) is 6.07 Å². The molecular weight excluding hydrogens is 581 g/mol. The fourth-order valence-electron chi connectivity index (χ4n) is 1.92. The van der Waals surface area contributed by atoms with E-state index in [9.17, 15) is 14.4 Å². The molecule has 0 saturated carbocycles. The molecule has 1 aromatic rings. The van der Waals surface area contributed by atoms with Crippen LogP contribution in [-0.2, 0) is 14.4 Å². The van der Waals surface area contributed by atoms with E-state index in [-0.39, 0.29) is 31.5 Å². The summed E-state index contributed by atoms with van der Waals surface area (Å²) in [5.74, 6) is -0.499. The molecule has 148 valence electrons. The molecule has 0 saturated heterocycles. The van der Waals surface area contributed by atoms with Gasteiger partial charge >= 0.3 is 0 Å². The summed E-state index contributed by atoms with van der Waals surface area (Å²) in [7, 11) is 0. The van der Waals surface area contributed by atoms with E-state index in [2.05, 4.69) is 15.8 Å². The average Bonchev–Trinajstić information content (AvgIpc) is 2.60. The Balaban J connectivity index is 0.00000625. The van der Waals surface area contributed by atoms with Crippen molar-refractivity contribution in [2.24, 2.45) is 5.16 Å². The van der Waals surface area contributed by atoms with Crippen LogP contribution in [0.15, 0.2) is 35.5 Å². The van der Waals surface area contributed by atoms with Crippen LogP contribution in [0.5, 0.6) is 0 Å². The first-order valence-corrected chi connectivity index (χ1v) is 7.88. The second kappa shape index (κ2) is 12.5. The fourth-order valence-corrected chi connectivity index (χ4v) is 1.92. The largest absolute Gasteiger partial charge is 0.528 e. The van der Waals surface area contributed by atoms with Crippen molar-refractivity contribution in [2.45, 2.75) is 13.8 Å². The molecule has 0 radical (unpaired) electrons. The molecule has 0 aliphatic carbocycles. The van der Waals surface area contributed by atoms with Crippen LogP contribution in [0.4, 0.5) is 0 Å². The van der Waals surface area contributed by atoms with Crippen molar-refractivity contribution < 1.29 is 19.2 Å². The molecule has 9 heteroatoms. The molecule has 0 unspecified atom stereocenters. The Morgan fingerprint density at radius 2 is 1.81 bits per heavy atom. The van der Waals surface area contributed by atoms with Crippen LogP contribution < -0.4 is 10.6 Å². The summed E-state index contributed by atoms with van der Waals surface area (Å²) in [6.45, 7) is 4.50. The molecule has 0 atom stereocenters. The van der Waals surface area contributed by atoms with E-state index in [0.29, 0.717) is 24.4 Å². The molecule has 0 aromatic heterocycles. The molecule has 26 heavy (non-hydrogen) atoms. The van der Waals surface area contributed by atoms with Crippen molar-refractivity contribution in [1.82, 2.24) is 15.5 Å². The molecule has 3 amide bonds. The topological polar surface area (TPSA) is 100 Å². The van der Waals surface area contributed by atoms with Gasteiger partial charge in [-0.1, -0.05) is 23.4 Å². The predicted molar refractivity (Wildman–Crippen MR) is 93.8 cm³/mol. The molecule has 2 N–H and O–H groups in total. The molecule has 1 rings (SSSR count). The summed E-state index contributed by atoms with van der Waals surface area (Å²) in [5.41, 5.74) is 1.26. The van der Waals surface area contributed by atoms with Gasteiger partial charge < -0.3 is 25.2 Å². The Hall–Kier alpha value is -3.90. The number of carbonyl (C=O) groups is 2. The summed E-state index contributed by atoms with van der Waals surface area (Å²) in [6.07, 6.45) is 1.57. The maximum absolute atomic E-state index is 12.5. The van der Waals surface area contributed by atoms with E-state index in [0.717, 1.165) is 0 Å². The number of carbonyl (C=O) groups excluding carboxylic acids is 3. The Morgan fingerprint density at radius 3 is 2.42 bits per heavy atom. The van der Waals surface area contributed by atoms with Crippen LogP contribution in [0.1, 0.15) is 24.2 Å². The van der Waals surface area contributed by atoms with Gasteiger partial charge in [-0.25, -0.2) is 0 Å². The second-order valence-electron chi connectivity index (χ2n) is 5.35. The minimum atomic E-state index is -0.323. The van der Waals surface area contributed by atoms with Gasteiger partial charge in [-0.05, 0) is 26.0 Å². The first kappa shape index (κ1) is 22.1. The van der Waals surface area contributed by atoms with Gasteiger partial charge in [0.15, 0.2) is 6.61 Å². The smallest absolute Gasteiger partial charge is 0.260 e. The fraction of sp³-hybridized carbons (Fsp3) is 0.412. The number of benzene rings is 1. The van der Waals surface area contributed by atoms with E-state index < -0.39 is 0 Å². The van der Waals surface area contributed by atoms with Crippen LogP contribution in [-0.4, -0.2) is 61.6 Å². The van der Waals surface area contributed by atoms with Crippen LogP contribution in [0.25, 0.3) is 0 Å². The third-order valence-corrected chi connectivity index (χ3v) is 3.03. The Kier molecular flexibility index (Phi) is 10.6. The Bertz CT molecular complexity index is 592. The Labute approximate surface area is 147 Å². The maximum Gasteiger partial charge on any atom is 0.260 e. The van der Waals surface area contributed by atoms with Gasteiger partial charge in [0.25, 0.3) is 11.8 Å². The standard InChI is InChI=1S/C17H23N4O4.Fm/c1-14(2)20-25-12-16(23)19-9-11-21(10-8-18-13-22)17(24)15-6-4-3-5-7-15;/h3-7H,8-12H2,1-2H3,(H,18,22)(H,19,23);/q-1;. The van der Waals surface area contributed by atoms with Gasteiger partial charge in [0.2, 0.25) is 0 Å². The number of amides is 3. The summed E-state index contributed by atoms with van der Waals surface area (Å²) in [6, 6.07) is 8.80. The average molecular weight is 604 g/mol. The molecule has 1 aromatic carbocycles. The van der Waals surface area contributed by atoms with Gasteiger partial charge in [-0.15, -0.1) is 0 Å². The molecule has 0 aliphatic rings. The summed E-state index contributed by atoms with van der Waals surface area (Å²) in [5, 5.41) is 8.73. The Morgan fingerprint density at radius 1 is 1.15 bits per heavy atom. The van der Waals surface area contributed by atoms with E-state index in [1.165, 1.54) is 0 Å². The third-order valence-electron chi connectivity index (χ3n) is 3.03. The van der Waals surface area contributed by atoms with Crippen molar-refractivity contribution in [3.05, 3.63) is 35.9 Å². The van der Waals surface area contributed by atoms with Crippen LogP contribution in [0.3, 0.4) is 0 Å². The van der Waals surface area contributed by atoms with Gasteiger partial charge in [0.1, 0.15) is 0 Å². The number of hydrogen-bond acceptors (Lipinski definition) is 5. The molecule has 0 heterocycles. The minimum Gasteiger partial charge on any atom is -0.528 e. The van der Waals surface area contributed by atoms with Gasteiger partial charge in [0, 0.05) is 31.7 Å². The van der Waals surface area contributed by atoms with Crippen LogP contribution >= 0.6 is 0 Å². The zero-order chi connectivity index (χ0) is 18.5. The quantitative estimate of drug-likeness (QED) is 0.125. The number of hydrogen-bond donors (Lipinski definition) is 2. The molecule has 0 aliphatic heterocycles. The molecule has 0 bridgehead atoms.